The van der Waals surface area contributed by atoms with Crippen molar-refractivity contribution in [2.75, 3.05) is 12.4 Å². The molecule has 0 atom stereocenters. The largest absolute Gasteiger partial charge is 0.372 e. The quantitative estimate of drug-likeness (QED) is 0.863. The number of hydrogen-bond donors (Lipinski definition) is 1. The molecular weight excluding hydrogens is 313 g/mol. The van der Waals surface area contributed by atoms with Crippen molar-refractivity contribution in [2.45, 2.75) is 40.5 Å². The zero-order valence-electron chi connectivity index (χ0n) is 10.7. The second-order valence-corrected chi connectivity index (χ2v) is 6.17. The Kier molecular flexibility index (Phi) is 4.52. The van der Waals surface area contributed by atoms with Gasteiger partial charge in [0, 0.05) is 13.5 Å². The average Bonchev–Trinajstić information content (AvgIpc) is 2.18. The minimum Gasteiger partial charge on any atom is -0.372 e. The van der Waals surface area contributed by atoms with Gasteiger partial charge >= 0.3 is 0 Å². The summed E-state index contributed by atoms with van der Waals surface area (Å²) in [6.07, 6.45) is 1.86. The van der Waals surface area contributed by atoms with E-state index in [4.69, 9.17) is 0 Å². The van der Waals surface area contributed by atoms with Crippen LogP contribution < -0.4 is 5.32 Å². The van der Waals surface area contributed by atoms with E-state index in [1.807, 2.05) is 7.05 Å². The number of nitrogens with one attached hydrogen (secondary N) is 1. The molecule has 3 nitrogen and oxygen atoms in total. The third-order valence-electron chi connectivity index (χ3n) is 2.23. The molecule has 0 saturated carbocycles. The van der Waals surface area contributed by atoms with Crippen LogP contribution in [-0.2, 0) is 12.8 Å². The number of anilines is 1. The fraction of sp³-hybridized carbons (Fsp3) is 0.667. The number of aryl methyl sites for hydroxylation is 1. The molecule has 0 aliphatic rings. The maximum absolute atomic E-state index is 4.63. The van der Waals surface area contributed by atoms with E-state index < -0.39 is 0 Å². The van der Waals surface area contributed by atoms with Gasteiger partial charge in [-0.25, -0.2) is 9.97 Å². The first kappa shape index (κ1) is 13.7. The minimum atomic E-state index is 0.225. The van der Waals surface area contributed by atoms with E-state index >= 15 is 0 Å². The van der Waals surface area contributed by atoms with E-state index in [9.17, 15) is 0 Å². The lowest BCUT2D eigenvalue weighted by Crippen LogP contribution is -2.15. The summed E-state index contributed by atoms with van der Waals surface area (Å²) in [4.78, 5) is 9.18. The van der Waals surface area contributed by atoms with Gasteiger partial charge in [-0.15, -0.1) is 0 Å². The summed E-state index contributed by atoms with van der Waals surface area (Å²) in [6.45, 7) is 8.75. The van der Waals surface area contributed by atoms with Crippen LogP contribution in [0.2, 0.25) is 0 Å². The van der Waals surface area contributed by atoms with Crippen LogP contribution in [0.3, 0.4) is 0 Å². The molecular formula is C12H20IN3. The highest BCUT2D eigenvalue weighted by Crippen LogP contribution is 2.23. The lowest BCUT2D eigenvalue weighted by atomic mass is 9.92. The predicted molar refractivity (Wildman–Crippen MR) is 76.8 cm³/mol. The van der Waals surface area contributed by atoms with Crippen LogP contribution in [0.5, 0.6) is 0 Å². The molecule has 1 rings (SSSR count). The molecule has 0 radical (unpaired) electrons. The van der Waals surface area contributed by atoms with E-state index in [1.54, 1.807) is 0 Å². The van der Waals surface area contributed by atoms with Crippen LogP contribution in [0.4, 0.5) is 5.82 Å². The number of aromatic nitrogens is 2. The Bertz CT molecular complexity index is 344. The molecule has 0 amide bonds. The van der Waals surface area contributed by atoms with Gasteiger partial charge in [-0.3, -0.25) is 0 Å². The Morgan fingerprint density at radius 2 is 1.88 bits per heavy atom. The van der Waals surface area contributed by atoms with Crippen molar-refractivity contribution in [3.8, 4) is 0 Å². The summed E-state index contributed by atoms with van der Waals surface area (Å²) in [6, 6.07) is 0. The lowest BCUT2D eigenvalue weighted by molar-refractivity contribution is 0.400. The van der Waals surface area contributed by atoms with Crippen molar-refractivity contribution >= 4 is 28.4 Å². The molecule has 1 aromatic rings. The minimum absolute atomic E-state index is 0.225. The van der Waals surface area contributed by atoms with Crippen LogP contribution in [0.1, 0.15) is 39.2 Å². The Morgan fingerprint density at radius 3 is 2.31 bits per heavy atom. The first-order valence-corrected chi connectivity index (χ1v) is 6.68. The van der Waals surface area contributed by atoms with Gasteiger partial charge < -0.3 is 5.32 Å². The molecule has 4 heteroatoms. The predicted octanol–water partition coefficient (Wildman–Crippen LogP) is 3.27. The van der Waals surface area contributed by atoms with Crippen LogP contribution in [-0.4, -0.2) is 17.0 Å². The molecule has 16 heavy (non-hydrogen) atoms. The summed E-state index contributed by atoms with van der Waals surface area (Å²) >= 11 is 2.31. The number of halogens is 1. The molecule has 90 valence electrons. The fourth-order valence-corrected chi connectivity index (χ4v) is 2.39. The third-order valence-corrected chi connectivity index (χ3v) is 3.36. The normalized spacial score (nSPS) is 11.6. The highest BCUT2D eigenvalue weighted by Gasteiger charge is 2.16. The Hall–Kier alpha value is -0.390. The molecule has 1 N–H and O–H groups in total. The number of nitrogens with zero attached hydrogens (tertiary/aromatic N) is 2. The van der Waals surface area contributed by atoms with Crippen LogP contribution in [0, 0.1) is 8.99 Å². The van der Waals surface area contributed by atoms with Gasteiger partial charge in [0.25, 0.3) is 0 Å². The van der Waals surface area contributed by atoms with E-state index in [0.29, 0.717) is 0 Å². The van der Waals surface area contributed by atoms with Crippen molar-refractivity contribution in [3.63, 3.8) is 0 Å². The zero-order valence-corrected chi connectivity index (χ0v) is 12.8. The van der Waals surface area contributed by atoms with Gasteiger partial charge in [0.05, 0.1) is 9.26 Å². The van der Waals surface area contributed by atoms with E-state index in [-0.39, 0.29) is 5.41 Å². The first-order chi connectivity index (χ1) is 7.37. The van der Waals surface area contributed by atoms with Crippen LogP contribution >= 0.6 is 22.6 Å². The first-order valence-electron chi connectivity index (χ1n) is 5.60. The van der Waals surface area contributed by atoms with Crippen LogP contribution in [0.15, 0.2) is 0 Å². The van der Waals surface area contributed by atoms with Crippen LogP contribution in [0.25, 0.3) is 0 Å². The number of rotatable bonds is 3. The molecule has 0 aromatic carbocycles. The summed E-state index contributed by atoms with van der Waals surface area (Å²) in [5.41, 5.74) is 1.36. The SMILES string of the molecule is CCc1nc(CC(C)(C)C)nc(NC)c1I. The smallest absolute Gasteiger partial charge is 0.143 e. The Labute approximate surface area is 112 Å². The van der Waals surface area contributed by atoms with Gasteiger partial charge in [-0.2, -0.15) is 0 Å². The molecule has 0 bridgehead atoms. The molecule has 0 unspecified atom stereocenters. The maximum Gasteiger partial charge on any atom is 0.143 e. The average molecular weight is 333 g/mol. The molecule has 0 aliphatic carbocycles. The van der Waals surface area contributed by atoms with E-state index in [1.165, 1.54) is 0 Å². The summed E-state index contributed by atoms with van der Waals surface area (Å²) in [5.74, 6) is 1.89. The van der Waals surface area contributed by atoms with Crippen molar-refractivity contribution in [1.29, 1.82) is 0 Å². The van der Waals surface area contributed by atoms with E-state index in [2.05, 4.69) is 65.6 Å². The van der Waals surface area contributed by atoms with Gasteiger partial charge in [-0.05, 0) is 34.4 Å². The second kappa shape index (κ2) is 5.29. The highest BCUT2D eigenvalue weighted by atomic mass is 127. The Balaban J connectivity index is 3.12. The molecule has 0 spiro atoms. The zero-order chi connectivity index (χ0) is 12.3. The topological polar surface area (TPSA) is 37.8 Å². The molecule has 0 fully saturated rings. The Morgan fingerprint density at radius 1 is 1.25 bits per heavy atom. The monoisotopic (exact) mass is 333 g/mol. The van der Waals surface area contributed by atoms with Gasteiger partial charge in [-0.1, -0.05) is 27.7 Å². The van der Waals surface area contributed by atoms with Gasteiger partial charge in [0.15, 0.2) is 0 Å². The lowest BCUT2D eigenvalue weighted by Gasteiger charge is -2.18. The summed E-state index contributed by atoms with van der Waals surface area (Å²) in [5, 5.41) is 3.14. The van der Waals surface area contributed by atoms with Gasteiger partial charge in [0.2, 0.25) is 0 Å². The van der Waals surface area contributed by atoms with Gasteiger partial charge in [0.1, 0.15) is 11.6 Å². The fourth-order valence-electron chi connectivity index (χ4n) is 1.50. The van der Waals surface area contributed by atoms with E-state index in [0.717, 1.165) is 33.7 Å². The third kappa shape index (κ3) is 3.57. The molecule has 1 heterocycles. The van der Waals surface area contributed by atoms with Crippen molar-refractivity contribution in [3.05, 3.63) is 15.1 Å². The highest BCUT2D eigenvalue weighted by molar-refractivity contribution is 14.1. The number of hydrogen-bond acceptors (Lipinski definition) is 3. The standard InChI is InChI=1S/C12H20IN3/c1-6-8-10(13)11(14-5)16-9(15-8)7-12(2,3)4/h6-7H2,1-5H3,(H,14,15,16). The summed E-state index contributed by atoms with van der Waals surface area (Å²) in [7, 11) is 1.91. The molecule has 0 aliphatic heterocycles. The van der Waals surface area contributed by atoms with Crippen molar-refractivity contribution < 1.29 is 0 Å². The van der Waals surface area contributed by atoms with Crippen molar-refractivity contribution in [1.82, 2.24) is 9.97 Å². The summed E-state index contributed by atoms with van der Waals surface area (Å²) < 4.78 is 1.14. The second-order valence-electron chi connectivity index (χ2n) is 5.09. The molecule has 0 saturated heterocycles. The molecule has 1 aromatic heterocycles. The van der Waals surface area contributed by atoms with Crippen molar-refractivity contribution in [2.24, 2.45) is 5.41 Å². The maximum atomic E-state index is 4.63.